The van der Waals surface area contributed by atoms with Gasteiger partial charge in [-0.05, 0) is 59.3 Å². The van der Waals surface area contributed by atoms with Crippen LogP contribution in [0.4, 0.5) is 4.79 Å². The Balaban J connectivity index is 1.83. The number of ether oxygens (including phenoxy) is 1. The fraction of sp³-hybridized carbons (Fsp3) is 0.857. The van der Waals surface area contributed by atoms with Crippen molar-refractivity contribution in [3.05, 3.63) is 0 Å². The Labute approximate surface area is 175 Å². The highest BCUT2D eigenvalue weighted by atomic mass is 16.6. The number of hydrogen-bond donors (Lipinski definition) is 3. The lowest BCUT2D eigenvalue weighted by Crippen LogP contribution is -2.50. The third kappa shape index (κ3) is 8.92. The number of amides is 2. The van der Waals surface area contributed by atoms with Crippen molar-refractivity contribution in [2.45, 2.75) is 95.9 Å². The predicted octanol–water partition coefficient (Wildman–Crippen LogP) is 2.39. The second-order valence-corrected chi connectivity index (χ2v) is 9.42. The molecule has 166 valence electrons. The third-order valence-electron chi connectivity index (χ3n) is 5.36. The molecule has 0 aromatic heterocycles. The molecule has 0 bridgehead atoms. The van der Waals surface area contributed by atoms with Gasteiger partial charge in [0.05, 0.1) is 0 Å². The molecule has 0 aliphatic heterocycles. The minimum absolute atomic E-state index is 0.0113. The SMILES string of the molecule is CN(C)C(=O)CN=C(NC1CCCC1)NC1CCC(NC(=O)OC(C)(C)C)CC1. The van der Waals surface area contributed by atoms with Gasteiger partial charge in [-0.25, -0.2) is 9.79 Å². The van der Waals surface area contributed by atoms with Gasteiger partial charge in [-0.2, -0.15) is 0 Å². The van der Waals surface area contributed by atoms with Crippen LogP contribution in [-0.4, -0.2) is 67.2 Å². The van der Waals surface area contributed by atoms with Crippen LogP contribution >= 0.6 is 0 Å². The average Bonchev–Trinajstić information content (AvgIpc) is 3.12. The number of likely N-dealkylation sites (N-methyl/N-ethyl adjacent to an activating group) is 1. The van der Waals surface area contributed by atoms with Crippen molar-refractivity contribution in [1.29, 1.82) is 0 Å². The number of carbonyl (C=O) groups is 2. The maximum atomic E-state index is 12.0. The van der Waals surface area contributed by atoms with E-state index in [4.69, 9.17) is 4.74 Å². The first-order valence-corrected chi connectivity index (χ1v) is 10.9. The van der Waals surface area contributed by atoms with E-state index in [1.165, 1.54) is 12.8 Å². The van der Waals surface area contributed by atoms with Crippen molar-refractivity contribution in [3.63, 3.8) is 0 Å². The van der Waals surface area contributed by atoms with Gasteiger partial charge in [0.25, 0.3) is 0 Å². The summed E-state index contributed by atoms with van der Waals surface area (Å²) in [5.74, 6) is 0.721. The van der Waals surface area contributed by atoms with E-state index in [0.29, 0.717) is 6.04 Å². The van der Waals surface area contributed by atoms with Crippen LogP contribution in [0.3, 0.4) is 0 Å². The maximum Gasteiger partial charge on any atom is 0.407 e. The molecule has 2 rings (SSSR count). The van der Waals surface area contributed by atoms with E-state index in [0.717, 1.165) is 44.5 Å². The van der Waals surface area contributed by atoms with E-state index >= 15 is 0 Å². The molecule has 0 aromatic rings. The van der Waals surface area contributed by atoms with Crippen molar-refractivity contribution < 1.29 is 14.3 Å². The smallest absolute Gasteiger partial charge is 0.407 e. The number of nitrogens with zero attached hydrogens (tertiary/aromatic N) is 2. The van der Waals surface area contributed by atoms with Crippen LogP contribution in [0.5, 0.6) is 0 Å². The molecule has 0 saturated heterocycles. The van der Waals surface area contributed by atoms with Crippen LogP contribution in [-0.2, 0) is 9.53 Å². The number of nitrogens with one attached hydrogen (secondary N) is 3. The van der Waals surface area contributed by atoms with E-state index in [9.17, 15) is 9.59 Å². The molecule has 3 N–H and O–H groups in total. The Morgan fingerprint density at radius 3 is 1.86 bits per heavy atom. The van der Waals surface area contributed by atoms with Crippen LogP contribution < -0.4 is 16.0 Å². The molecule has 29 heavy (non-hydrogen) atoms. The number of alkyl carbamates (subject to hydrolysis) is 1. The number of hydrogen-bond acceptors (Lipinski definition) is 4. The van der Waals surface area contributed by atoms with Crippen LogP contribution in [0, 0.1) is 0 Å². The summed E-state index contributed by atoms with van der Waals surface area (Å²) in [7, 11) is 3.49. The summed E-state index contributed by atoms with van der Waals surface area (Å²) in [4.78, 5) is 30.0. The van der Waals surface area contributed by atoms with Crippen molar-refractivity contribution in [1.82, 2.24) is 20.9 Å². The molecule has 0 spiro atoms. The fourth-order valence-corrected chi connectivity index (χ4v) is 3.73. The fourth-order valence-electron chi connectivity index (χ4n) is 3.73. The Bertz CT molecular complexity index is 571. The third-order valence-corrected chi connectivity index (χ3v) is 5.36. The first-order chi connectivity index (χ1) is 13.6. The normalized spacial score (nSPS) is 23.4. The molecule has 2 aliphatic rings. The van der Waals surface area contributed by atoms with Gasteiger partial charge < -0.3 is 25.6 Å². The molecule has 2 amide bonds. The van der Waals surface area contributed by atoms with Gasteiger partial charge in [-0.1, -0.05) is 12.8 Å². The van der Waals surface area contributed by atoms with E-state index in [-0.39, 0.29) is 30.6 Å². The van der Waals surface area contributed by atoms with Gasteiger partial charge in [-0.15, -0.1) is 0 Å². The molecule has 8 heteroatoms. The summed E-state index contributed by atoms with van der Waals surface area (Å²) in [6.45, 7) is 5.75. The molecule has 2 aliphatic carbocycles. The Hall–Kier alpha value is -1.99. The molecule has 0 aromatic carbocycles. The summed E-state index contributed by atoms with van der Waals surface area (Å²) in [6, 6.07) is 0.857. The van der Waals surface area contributed by atoms with E-state index in [1.54, 1.807) is 19.0 Å². The highest BCUT2D eigenvalue weighted by Crippen LogP contribution is 2.20. The maximum absolute atomic E-state index is 12.0. The van der Waals surface area contributed by atoms with E-state index in [1.807, 2.05) is 20.8 Å². The summed E-state index contributed by atoms with van der Waals surface area (Å²) < 4.78 is 5.35. The number of rotatable bonds is 5. The van der Waals surface area contributed by atoms with Gasteiger partial charge in [0, 0.05) is 32.2 Å². The average molecular weight is 410 g/mol. The monoisotopic (exact) mass is 409 g/mol. The molecule has 0 heterocycles. The first kappa shape index (κ1) is 23.3. The molecular weight excluding hydrogens is 370 g/mol. The summed E-state index contributed by atoms with van der Waals surface area (Å²) in [5.41, 5.74) is -0.482. The number of guanidine groups is 1. The highest BCUT2D eigenvalue weighted by Gasteiger charge is 2.26. The van der Waals surface area contributed by atoms with Crippen molar-refractivity contribution in [2.75, 3.05) is 20.6 Å². The Morgan fingerprint density at radius 2 is 1.38 bits per heavy atom. The minimum Gasteiger partial charge on any atom is -0.444 e. The van der Waals surface area contributed by atoms with Gasteiger partial charge in [0.15, 0.2) is 5.96 Å². The van der Waals surface area contributed by atoms with Crippen LogP contribution in [0.1, 0.15) is 72.1 Å². The molecule has 0 unspecified atom stereocenters. The highest BCUT2D eigenvalue weighted by molar-refractivity contribution is 5.85. The van der Waals surface area contributed by atoms with Crippen molar-refractivity contribution >= 4 is 18.0 Å². The Morgan fingerprint density at radius 1 is 0.897 bits per heavy atom. The summed E-state index contributed by atoms with van der Waals surface area (Å²) >= 11 is 0. The molecule has 8 nitrogen and oxygen atoms in total. The Kier molecular flexibility index (Phi) is 8.59. The van der Waals surface area contributed by atoms with Gasteiger partial charge in [0.1, 0.15) is 12.1 Å². The summed E-state index contributed by atoms with van der Waals surface area (Å²) in [6.07, 6.45) is 8.09. The number of carbonyl (C=O) groups excluding carboxylic acids is 2. The van der Waals surface area contributed by atoms with Crippen LogP contribution in [0.15, 0.2) is 4.99 Å². The van der Waals surface area contributed by atoms with Gasteiger partial charge in [-0.3, -0.25) is 4.79 Å². The van der Waals surface area contributed by atoms with E-state index < -0.39 is 5.60 Å². The van der Waals surface area contributed by atoms with Gasteiger partial charge in [0.2, 0.25) is 5.91 Å². The minimum atomic E-state index is -0.482. The van der Waals surface area contributed by atoms with Crippen LogP contribution in [0.25, 0.3) is 0 Å². The lowest BCUT2D eigenvalue weighted by molar-refractivity contribution is -0.127. The quantitative estimate of drug-likeness (QED) is 0.479. The molecule has 0 atom stereocenters. The lowest BCUT2D eigenvalue weighted by Gasteiger charge is -2.32. The predicted molar refractivity (Wildman–Crippen MR) is 115 cm³/mol. The first-order valence-electron chi connectivity index (χ1n) is 10.9. The van der Waals surface area contributed by atoms with Crippen molar-refractivity contribution in [2.24, 2.45) is 4.99 Å². The molecular formula is C21H39N5O3. The summed E-state index contributed by atoms with van der Waals surface area (Å²) in [5, 5.41) is 9.99. The lowest BCUT2D eigenvalue weighted by atomic mass is 9.91. The zero-order valence-electron chi connectivity index (χ0n) is 18.7. The van der Waals surface area contributed by atoms with E-state index in [2.05, 4.69) is 20.9 Å². The zero-order chi connectivity index (χ0) is 21.4. The topological polar surface area (TPSA) is 95.1 Å². The second kappa shape index (κ2) is 10.7. The van der Waals surface area contributed by atoms with Gasteiger partial charge >= 0.3 is 6.09 Å². The molecule has 2 fully saturated rings. The van der Waals surface area contributed by atoms with Crippen molar-refractivity contribution in [3.8, 4) is 0 Å². The number of aliphatic imine (C=N–C) groups is 1. The standard InChI is InChI=1S/C21H39N5O3/c1-21(2,3)29-20(28)25-17-12-10-16(11-13-17)24-19(22-14-18(27)26(4)5)23-15-8-6-7-9-15/h15-17H,6-14H2,1-5H3,(H,25,28)(H2,22,23,24). The second-order valence-electron chi connectivity index (χ2n) is 9.42. The van der Waals surface area contributed by atoms with Crippen LogP contribution in [0.2, 0.25) is 0 Å². The zero-order valence-corrected chi connectivity index (χ0v) is 18.7. The largest absolute Gasteiger partial charge is 0.444 e. The molecule has 0 radical (unpaired) electrons. The molecule has 2 saturated carbocycles.